The summed E-state index contributed by atoms with van der Waals surface area (Å²) in [4.78, 5) is 12.6. The van der Waals surface area contributed by atoms with Gasteiger partial charge in [-0.25, -0.2) is 0 Å². The van der Waals surface area contributed by atoms with E-state index in [-0.39, 0.29) is 18.3 Å². The lowest BCUT2D eigenvalue weighted by Gasteiger charge is -2.43. The standard InChI is InChI=1S/C17H30N2O.ClH/c18-16-12-6-5-7-13(16)11-14(10-12)17(20)19-15-8-3-1-2-4-9-15;/h12-16H,1-11,18H2,(H,19,20);1H. The van der Waals surface area contributed by atoms with E-state index in [4.69, 9.17) is 5.73 Å². The predicted octanol–water partition coefficient (Wildman–Crippen LogP) is 3.40. The summed E-state index contributed by atoms with van der Waals surface area (Å²) in [6.45, 7) is 0. The first-order chi connectivity index (χ1) is 9.74. The van der Waals surface area contributed by atoms with E-state index in [0.29, 0.717) is 29.8 Å². The zero-order chi connectivity index (χ0) is 13.9. The summed E-state index contributed by atoms with van der Waals surface area (Å²) < 4.78 is 0. The van der Waals surface area contributed by atoms with Crippen molar-refractivity contribution in [2.45, 2.75) is 82.7 Å². The Labute approximate surface area is 135 Å². The van der Waals surface area contributed by atoms with Crippen LogP contribution in [0.2, 0.25) is 0 Å². The normalized spacial score (nSPS) is 37.2. The number of hydrogen-bond acceptors (Lipinski definition) is 2. The van der Waals surface area contributed by atoms with Gasteiger partial charge in [0.2, 0.25) is 5.91 Å². The van der Waals surface area contributed by atoms with Crippen molar-refractivity contribution in [2.24, 2.45) is 23.5 Å². The maximum absolute atomic E-state index is 12.6. The van der Waals surface area contributed by atoms with E-state index in [1.165, 1.54) is 57.8 Å². The molecule has 1 amide bonds. The second kappa shape index (κ2) is 7.82. The van der Waals surface area contributed by atoms with Gasteiger partial charge in [0.1, 0.15) is 0 Å². The van der Waals surface area contributed by atoms with Crippen LogP contribution in [0.15, 0.2) is 0 Å². The third kappa shape index (κ3) is 4.13. The van der Waals surface area contributed by atoms with E-state index >= 15 is 0 Å². The lowest BCUT2D eigenvalue weighted by molar-refractivity contribution is -0.128. The highest BCUT2D eigenvalue weighted by Crippen LogP contribution is 2.42. The molecule has 3 fully saturated rings. The van der Waals surface area contributed by atoms with Gasteiger partial charge in [-0.1, -0.05) is 32.1 Å². The van der Waals surface area contributed by atoms with Crippen LogP contribution in [-0.4, -0.2) is 18.0 Å². The molecule has 2 bridgehead atoms. The van der Waals surface area contributed by atoms with E-state index in [1.54, 1.807) is 0 Å². The molecule has 0 aromatic heterocycles. The highest BCUT2D eigenvalue weighted by Gasteiger charge is 2.40. The number of fused-ring (bicyclic) bond motifs is 2. The summed E-state index contributed by atoms with van der Waals surface area (Å²) in [5.41, 5.74) is 6.32. The van der Waals surface area contributed by atoms with Crippen molar-refractivity contribution < 1.29 is 4.79 Å². The number of hydrogen-bond donors (Lipinski definition) is 2. The van der Waals surface area contributed by atoms with Gasteiger partial charge in [-0.3, -0.25) is 4.79 Å². The van der Waals surface area contributed by atoms with E-state index in [0.717, 1.165) is 12.8 Å². The number of nitrogens with two attached hydrogens (primary N) is 1. The first-order valence-electron chi connectivity index (χ1n) is 8.80. The SMILES string of the molecule is Cl.NC1C2CCCC1CC(C(=O)NC1CCCCCC1)C2. The molecule has 0 aliphatic heterocycles. The smallest absolute Gasteiger partial charge is 0.223 e. The van der Waals surface area contributed by atoms with Crippen molar-refractivity contribution in [3.8, 4) is 0 Å². The third-order valence-electron chi connectivity index (χ3n) is 5.99. The largest absolute Gasteiger partial charge is 0.353 e. The van der Waals surface area contributed by atoms with Crippen LogP contribution in [0, 0.1) is 17.8 Å². The van der Waals surface area contributed by atoms with Gasteiger partial charge >= 0.3 is 0 Å². The Balaban J connectivity index is 0.00000161. The van der Waals surface area contributed by atoms with Crippen LogP contribution in [0.4, 0.5) is 0 Å². The van der Waals surface area contributed by atoms with Gasteiger partial charge in [-0.15, -0.1) is 12.4 Å². The lowest BCUT2D eigenvalue weighted by Crippen LogP contribution is -2.50. The van der Waals surface area contributed by atoms with E-state index in [9.17, 15) is 4.79 Å². The van der Waals surface area contributed by atoms with Crippen LogP contribution in [0.1, 0.15) is 70.6 Å². The summed E-state index contributed by atoms with van der Waals surface area (Å²) in [7, 11) is 0. The fraction of sp³-hybridized carbons (Fsp3) is 0.941. The molecule has 0 aromatic carbocycles. The summed E-state index contributed by atoms with van der Waals surface area (Å²) in [6, 6.07) is 0.811. The van der Waals surface area contributed by atoms with E-state index < -0.39 is 0 Å². The molecule has 3 saturated carbocycles. The third-order valence-corrected chi connectivity index (χ3v) is 5.99. The van der Waals surface area contributed by atoms with E-state index in [1.807, 2.05) is 0 Å². The lowest BCUT2D eigenvalue weighted by atomic mass is 9.65. The fourth-order valence-electron chi connectivity index (χ4n) is 4.75. The molecular formula is C17H31ClN2O. The van der Waals surface area contributed by atoms with Crippen LogP contribution in [-0.2, 0) is 4.79 Å². The quantitative estimate of drug-likeness (QED) is 0.767. The molecule has 2 unspecified atom stereocenters. The number of rotatable bonds is 2. The maximum Gasteiger partial charge on any atom is 0.223 e. The van der Waals surface area contributed by atoms with Crippen molar-refractivity contribution in [2.75, 3.05) is 0 Å². The fourth-order valence-corrected chi connectivity index (χ4v) is 4.75. The maximum atomic E-state index is 12.6. The monoisotopic (exact) mass is 314 g/mol. The molecule has 3 rings (SSSR count). The zero-order valence-corrected chi connectivity index (χ0v) is 13.9. The van der Waals surface area contributed by atoms with Crippen molar-refractivity contribution in [3.05, 3.63) is 0 Å². The first kappa shape index (κ1) is 17.1. The van der Waals surface area contributed by atoms with Gasteiger partial charge in [-0.05, 0) is 50.4 Å². The molecule has 0 spiro atoms. The minimum absolute atomic E-state index is 0. The van der Waals surface area contributed by atoms with Crippen molar-refractivity contribution >= 4 is 18.3 Å². The molecule has 0 radical (unpaired) electrons. The molecule has 2 atom stereocenters. The van der Waals surface area contributed by atoms with Gasteiger partial charge < -0.3 is 11.1 Å². The second-order valence-electron chi connectivity index (χ2n) is 7.39. The van der Waals surface area contributed by atoms with Crippen LogP contribution in [0.5, 0.6) is 0 Å². The molecule has 3 N–H and O–H groups in total. The topological polar surface area (TPSA) is 55.1 Å². The molecule has 21 heavy (non-hydrogen) atoms. The van der Waals surface area contributed by atoms with Gasteiger partial charge in [0, 0.05) is 18.0 Å². The molecule has 0 heterocycles. The average molecular weight is 315 g/mol. The second-order valence-corrected chi connectivity index (χ2v) is 7.39. The molecule has 3 nitrogen and oxygen atoms in total. The highest BCUT2D eigenvalue weighted by molar-refractivity contribution is 5.85. The number of carbonyl (C=O) groups is 1. The van der Waals surface area contributed by atoms with Crippen molar-refractivity contribution in [3.63, 3.8) is 0 Å². The summed E-state index contributed by atoms with van der Waals surface area (Å²) in [6.07, 6.45) is 13.5. The molecule has 0 saturated heterocycles. The molecule has 3 aliphatic rings. The van der Waals surface area contributed by atoms with Crippen LogP contribution < -0.4 is 11.1 Å². The Bertz CT molecular complexity index is 328. The number of halogens is 1. The van der Waals surface area contributed by atoms with Crippen molar-refractivity contribution in [1.82, 2.24) is 5.32 Å². The average Bonchev–Trinajstić information content (AvgIpc) is 2.67. The summed E-state index contributed by atoms with van der Waals surface area (Å²) >= 11 is 0. The molecule has 3 aliphatic carbocycles. The number of amides is 1. The predicted molar refractivity (Wildman–Crippen MR) is 88.4 cm³/mol. The number of carbonyl (C=O) groups excluding carboxylic acids is 1. The molecule has 0 aromatic rings. The van der Waals surface area contributed by atoms with Gasteiger partial charge in [0.05, 0.1) is 0 Å². The van der Waals surface area contributed by atoms with E-state index in [2.05, 4.69) is 5.32 Å². The van der Waals surface area contributed by atoms with Crippen LogP contribution in [0.3, 0.4) is 0 Å². The number of nitrogens with one attached hydrogen (secondary N) is 1. The van der Waals surface area contributed by atoms with Crippen LogP contribution >= 0.6 is 12.4 Å². The summed E-state index contributed by atoms with van der Waals surface area (Å²) in [5.74, 6) is 1.79. The van der Waals surface area contributed by atoms with Crippen molar-refractivity contribution in [1.29, 1.82) is 0 Å². The summed E-state index contributed by atoms with van der Waals surface area (Å²) in [5, 5.41) is 3.35. The highest BCUT2D eigenvalue weighted by atomic mass is 35.5. The van der Waals surface area contributed by atoms with Crippen LogP contribution in [0.25, 0.3) is 0 Å². The van der Waals surface area contributed by atoms with Gasteiger partial charge in [0.15, 0.2) is 0 Å². The Kier molecular flexibility index (Phi) is 6.36. The first-order valence-corrected chi connectivity index (χ1v) is 8.80. The Morgan fingerprint density at radius 3 is 2.00 bits per heavy atom. The Morgan fingerprint density at radius 2 is 1.43 bits per heavy atom. The zero-order valence-electron chi connectivity index (χ0n) is 13.1. The Hall–Kier alpha value is -0.280. The Morgan fingerprint density at radius 1 is 0.857 bits per heavy atom. The van der Waals surface area contributed by atoms with Gasteiger partial charge in [0.25, 0.3) is 0 Å². The minimum atomic E-state index is 0. The molecule has 4 heteroatoms. The molecular weight excluding hydrogens is 284 g/mol. The van der Waals surface area contributed by atoms with Gasteiger partial charge in [-0.2, -0.15) is 0 Å². The minimum Gasteiger partial charge on any atom is -0.353 e. The molecule has 122 valence electrons.